The molecule has 6 heteroatoms. The Morgan fingerprint density at radius 3 is 3.00 bits per heavy atom. The highest BCUT2D eigenvalue weighted by atomic mass is 16.5. The van der Waals surface area contributed by atoms with E-state index >= 15 is 0 Å². The van der Waals surface area contributed by atoms with E-state index in [0.29, 0.717) is 19.0 Å². The van der Waals surface area contributed by atoms with Crippen LogP contribution in [0.15, 0.2) is 6.33 Å². The maximum atomic E-state index is 11.2. The van der Waals surface area contributed by atoms with E-state index in [-0.39, 0.29) is 11.8 Å². The number of carbonyl (C=O) groups is 1. The van der Waals surface area contributed by atoms with Crippen molar-refractivity contribution >= 4 is 11.8 Å². The SMILES string of the molecule is CCOc1ncnc(NCC2CCCC2C(=O)O)c1C. The van der Waals surface area contributed by atoms with Crippen LogP contribution in [0.1, 0.15) is 31.7 Å². The lowest BCUT2D eigenvalue weighted by atomic mass is 9.96. The van der Waals surface area contributed by atoms with Crippen LogP contribution in [-0.2, 0) is 4.79 Å². The molecule has 1 aliphatic rings. The fourth-order valence-electron chi connectivity index (χ4n) is 2.73. The number of anilines is 1. The van der Waals surface area contributed by atoms with Gasteiger partial charge in [-0.2, -0.15) is 0 Å². The monoisotopic (exact) mass is 279 g/mol. The second-order valence-corrected chi connectivity index (χ2v) is 5.10. The number of carboxylic acids is 1. The van der Waals surface area contributed by atoms with E-state index in [1.807, 2.05) is 13.8 Å². The molecule has 0 radical (unpaired) electrons. The van der Waals surface area contributed by atoms with Crippen molar-refractivity contribution in [2.24, 2.45) is 11.8 Å². The van der Waals surface area contributed by atoms with Crippen LogP contribution in [0, 0.1) is 18.8 Å². The van der Waals surface area contributed by atoms with Gasteiger partial charge in [0, 0.05) is 6.54 Å². The van der Waals surface area contributed by atoms with Gasteiger partial charge in [-0.05, 0) is 32.6 Å². The molecule has 110 valence electrons. The number of nitrogens with zero attached hydrogens (tertiary/aromatic N) is 2. The molecule has 2 unspecified atom stereocenters. The zero-order valence-electron chi connectivity index (χ0n) is 11.9. The molecule has 0 aliphatic heterocycles. The number of carboxylic acid groups (broad SMARTS) is 1. The molecule has 6 nitrogen and oxygen atoms in total. The van der Waals surface area contributed by atoms with Gasteiger partial charge in [0.25, 0.3) is 0 Å². The van der Waals surface area contributed by atoms with Gasteiger partial charge in [-0.1, -0.05) is 6.42 Å². The molecule has 1 aromatic heterocycles. The summed E-state index contributed by atoms with van der Waals surface area (Å²) in [4.78, 5) is 19.4. The summed E-state index contributed by atoms with van der Waals surface area (Å²) >= 11 is 0. The molecule has 20 heavy (non-hydrogen) atoms. The van der Waals surface area contributed by atoms with Crippen LogP contribution in [0.2, 0.25) is 0 Å². The van der Waals surface area contributed by atoms with Crippen LogP contribution in [-0.4, -0.2) is 34.2 Å². The van der Waals surface area contributed by atoms with E-state index in [1.165, 1.54) is 6.33 Å². The number of nitrogens with one attached hydrogen (secondary N) is 1. The van der Waals surface area contributed by atoms with Gasteiger partial charge in [-0.15, -0.1) is 0 Å². The number of hydrogen-bond acceptors (Lipinski definition) is 5. The van der Waals surface area contributed by atoms with Crippen molar-refractivity contribution in [3.63, 3.8) is 0 Å². The van der Waals surface area contributed by atoms with Gasteiger partial charge in [0.1, 0.15) is 12.1 Å². The Morgan fingerprint density at radius 2 is 2.30 bits per heavy atom. The predicted octanol–water partition coefficient (Wildman–Crippen LogP) is 2.10. The minimum atomic E-state index is -0.691. The summed E-state index contributed by atoms with van der Waals surface area (Å²) in [5.41, 5.74) is 0.860. The van der Waals surface area contributed by atoms with Gasteiger partial charge in [-0.25, -0.2) is 9.97 Å². The topological polar surface area (TPSA) is 84.3 Å². The summed E-state index contributed by atoms with van der Waals surface area (Å²) in [5.74, 6) is 0.530. The van der Waals surface area contributed by atoms with Crippen molar-refractivity contribution in [2.45, 2.75) is 33.1 Å². The lowest BCUT2D eigenvalue weighted by Crippen LogP contribution is -2.25. The number of rotatable bonds is 6. The molecule has 1 aromatic rings. The number of aromatic nitrogens is 2. The third-order valence-electron chi connectivity index (χ3n) is 3.83. The van der Waals surface area contributed by atoms with E-state index in [9.17, 15) is 9.90 Å². The van der Waals surface area contributed by atoms with E-state index in [2.05, 4.69) is 15.3 Å². The van der Waals surface area contributed by atoms with E-state index in [0.717, 1.165) is 30.6 Å². The average molecular weight is 279 g/mol. The standard InChI is InChI=1S/C14H21N3O3/c1-3-20-13-9(2)12(16-8-17-13)15-7-10-5-4-6-11(10)14(18)19/h8,10-11H,3-7H2,1-2H3,(H,18,19)(H,15,16,17). The molecule has 0 spiro atoms. The molecule has 2 atom stereocenters. The second kappa shape index (κ2) is 6.54. The fourth-order valence-corrected chi connectivity index (χ4v) is 2.73. The largest absolute Gasteiger partial charge is 0.481 e. The van der Waals surface area contributed by atoms with Crippen molar-refractivity contribution < 1.29 is 14.6 Å². The number of ether oxygens (including phenoxy) is 1. The van der Waals surface area contributed by atoms with Crippen LogP contribution < -0.4 is 10.1 Å². The third kappa shape index (κ3) is 3.18. The summed E-state index contributed by atoms with van der Waals surface area (Å²) in [6.07, 6.45) is 4.17. The fraction of sp³-hybridized carbons (Fsp3) is 0.643. The zero-order valence-corrected chi connectivity index (χ0v) is 11.9. The first-order chi connectivity index (χ1) is 9.63. The normalized spacial score (nSPS) is 21.7. The number of aliphatic carboxylic acids is 1. The first-order valence-electron chi connectivity index (χ1n) is 7.04. The average Bonchev–Trinajstić information content (AvgIpc) is 2.88. The van der Waals surface area contributed by atoms with Crippen LogP contribution >= 0.6 is 0 Å². The molecule has 0 aromatic carbocycles. The minimum Gasteiger partial charge on any atom is -0.481 e. The predicted molar refractivity (Wildman–Crippen MR) is 74.9 cm³/mol. The highest BCUT2D eigenvalue weighted by molar-refractivity contribution is 5.70. The maximum absolute atomic E-state index is 11.2. The summed E-state index contributed by atoms with van der Waals surface area (Å²) in [5, 5.41) is 12.4. The Balaban J connectivity index is 2.00. The lowest BCUT2D eigenvalue weighted by molar-refractivity contribution is -0.142. The van der Waals surface area contributed by atoms with Gasteiger partial charge in [0.2, 0.25) is 5.88 Å². The van der Waals surface area contributed by atoms with Crippen molar-refractivity contribution in [1.29, 1.82) is 0 Å². The minimum absolute atomic E-state index is 0.164. The van der Waals surface area contributed by atoms with Crippen LogP contribution in [0.3, 0.4) is 0 Å². The summed E-state index contributed by atoms with van der Waals surface area (Å²) in [7, 11) is 0. The van der Waals surface area contributed by atoms with Crippen molar-refractivity contribution in [3.8, 4) is 5.88 Å². The van der Waals surface area contributed by atoms with E-state index in [4.69, 9.17) is 4.74 Å². The van der Waals surface area contributed by atoms with Gasteiger partial charge in [0.15, 0.2) is 0 Å². The van der Waals surface area contributed by atoms with Gasteiger partial charge in [-0.3, -0.25) is 4.79 Å². The van der Waals surface area contributed by atoms with E-state index < -0.39 is 5.97 Å². The molecular formula is C14H21N3O3. The molecule has 1 fully saturated rings. The highest BCUT2D eigenvalue weighted by Crippen LogP contribution is 2.32. The summed E-state index contributed by atoms with van der Waals surface area (Å²) in [6, 6.07) is 0. The first kappa shape index (κ1) is 14.6. The maximum Gasteiger partial charge on any atom is 0.306 e. The molecule has 1 saturated carbocycles. The molecule has 1 aliphatic carbocycles. The van der Waals surface area contributed by atoms with Gasteiger partial charge in [0.05, 0.1) is 18.1 Å². The smallest absolute Gasteiger partial charge is 0.306 e. The van der Waals surface area contributed by atoms with Crippen molar-refractivity contribution in [2.75, 3.05) is 18.5 Å². The Hall–Kier alpha value is -1.85. The summed E-state index contributed by atoms with van der Waals surface area (Å²) < 4.78 is 5.42. The Morgan fingerprint density at radius 1 is 1.50 bits per heavy atom. The second-order valence-electron chi connectivity index (χ2n) is 5.10. The Bertz CT molecular complexity index is 479. The van der Waals surface area contributed by atoms with Crippen LogP contribution in [0.25, 0.3) is 0 Å². The van der Waals surface area contributed by atoms with Crippen LogP contribution in [0.5, 0.6) is 5.88 Å². The molecular weight excluding hydrogens is 258 g/mol. The van der Waals surface area contributed by atoms with Gasteiger partial charge < -0.3 is 15.2 Å². The molecule has 2 N–H and O–H groups in total. The van der Waals surface area contributed by atoms with Crippen LogP contribution in [0.4, 0.5) is 5.82 Å². The highest BCUT2D eigenvalue weighted by Gasteiger charge is 2.32. The zero-order chi connectivity index (χ0) is 14.5. The Labute approximate surface area is 118 Å². The molecule has 0 saturated heterocycles. The van der Waals surface area contributed by atoms with Gasteiger partial charge >= 0.3 is 5.97 Å². The summed E-state index contributed by atoms with van der Waals surface area (Å²) in [6.45, 7) is 4.99. The quantitative estimate of drug-likeness (QED) is 0.829. The third-order valence-corrected chi connectivity index (χ3v) is 3.83. The number of hydrogen-bond donors (Lipinski definition) is 2. The first-order valence-corrected chi connectivity index (χ1v) is 7.04. The lowest BCUT2D eigenvalue weighted by Gasteiger charge is -2.18. The molecule has 0 amide bonds. The molecule has 1 heterocycles. The van der Waals surface area contributed by atoms with Crippen molar-refractivity contribution in [3.05, 3.63) is 11.9 Å². The van der Waals surface area contributed by atoms with Crippen molar-refractivity contribution in [1.82, 2.24) is 9.97 Å². The Kier molecular flexibility index (Phi) is 4.76. The van der Waals surface area contributed by atoms with E-state index in [1.54, 1.807) is 0 Å². The molecule has 2 rings (SSSR count). The molecule has 0 bridgehead atoms.